The third-order valence-electron chi connectivity index (χ3n) is 4.03. The number of nitrogens with zero attached hydrogens (tertiary/aromatic N) is 2. The quantitative estimate of drug-likeness (QED) is 0.847. The zero-order chi connectivity index (χ0) is 13.7. The van der Waals surface area contributed by atoms with Crippen LogP contribution in [0.4, 0.5) is 5.69 Å². The van der Waals surface area contributed by atoms with Gasteiger partial charge in [0.2, 0.25) is 0 Å². The van der Waals surface area contributed by atoms with E-state index in [-0.39, 0.29) is 0 Å². The molecule has 19 heavy (non-hydrogen) atoms. The molecule has 1 heterocycles. The summed E-state index contributed by atoms with van der Waals surface area (Å²) in [6, 6.07) is 8.81. The standard InChI is InChI=1S/C16H27N3/c1-4-19-10-9-15(13-19)12-17-11-14-5-7-16(8-6-14)18(2)3/h5-8,15,17H,4,9-13H2,1-3H3. The highest BCUT2D eigenvalue weighted by Crippen LogP contribution is 2.15. The predicted molar refractivity (Wildman–Crippen MR) is 82.7 cm³/mol. The molecule has 0 radical (unpaired) electrons. The number of nitrogens with one attached hydrogen (secondary N) is 1. The molecule has 1 aromatic carbocycles. The SMILES string of the molecule is CCN1CCC(CNCc2ccc(N(C)C)cc2)C1. The van der Waals surface area contributed by atoms with E-state index in [9.17, 15) is 0 Å². The van der Waals surface area contributed by atoms with Gasteiger partial charge in [0.1, 0.15) is 0 Å². The summed E-state index contributed by atoms with van der Waals surface area (Å²) in [5.41, 5.74) is 2.63. The summed E-state index contributed by atoms with van der Waals surface area (Å²) in [5.74, 6) is 0.834. The molecule has 3 heteroatoms. The molecule has 0 bridgehead atoms. The average Bonchev–Trinajstić information content (AvgIpc) is 2.87. The van der Waals surface area contributed by atoms with Gasteiger partial charge < -0.3 is 15.1 Å². The van der Waals surface area contributed by atoms with Crippen molar-refractivity contribution in [3.05, 3.63) is 29.8 Å². The number of likely N-dealkylation sites (tertiary alicyclic amines) is 1. The fourth-order valence-electron chi connectivity index (χ4n) is 2.70. The maximum Gasteiger partial charge on any atom is 0.0361 e. The molecule has 1 aromatic rings. The molecule has 3 nitrogen and oxygen atoms in total. The Morgan fingerprint density at radius 1 is 1.26 bits per heavy atom. The summed E-state index contributed by atoms with van der Waals surface area (Å²) in [7, 11) is 4.15. The number of anilines is 1. The van der Waals surface area contributed by atoms with Gasteiger partial charge in [0.05, 0.1) is 0 Å². The molecule has 0 amide bonds. The zero-order valence-electron chi connectivity index (χ0n) is 12.5. The number of hydrogen-bond acceptors (Lipinski definition) is 3. The Morgan fingerprint density at radius 2 is 2.00 bits per heavy atom. The molecular weight excluding hydrogens is 234 g/mol. The Hall–Kier alpha value is -1.06. The first-order chi connectivity index (χ1) is 9.19. The van der Waals surface area contributed by atoms with E-state index in [1.54, 1.807) is 0 Å². The molecule has 1 aliphatic rings. The van der Waals surface area contributed by atoms with Gasteiger partial charge in [0.25, 0.3) is 0 Å². The van der Waals surface area contributed by atoms with Crippen LogP contribution in [-0.2, 0) is 6.54 Å². The molecule has 1 atom stereocenters. The topological polar surface area (TPSA) is 18.5 Å². The summed E-state index contributed by atoms with van der Waals surface area (Å²) in [6.45, 7) is 8.12. The molecule has 0 aromatic heterocycles. The second-order valence-corrected chi connectivity index (χ2v) is 5.74. The van der Waals surface area contributed by atoms with Crippen LogP contribution in [0.25, 0.3) is 0 Å². The highest BCUT2D eigenvalue weighted by molar-refractivity contribution is 5.45. The maximum atomic E-state index is 3.60. The number of benzene rings is 1. The van der Waals surface area contributed by atoms with E-state index in [4.69, 9.17) is 0 Å². The van der Waals surface area contributed by atoms with Crippen LogP contribution in [0, 0.1) is 5.92 Å². The first-order valence-corrected chi connectivity index (χ1v) is 7.38. The van der Waals surface area contributed by atoms with Gasteiger partial charge in [-0.05, 0) is 49.7 Å². The van der Waals surface area contributed by atoms with Gasteiger partial charge in [0, 0.05) is 32.9 Å². The average molecular weight is 261 g/mol. The van der Waals surface area contributed by atoms with E-state index in [0.717, 1.165) is 19.0 Å². The van der Waals surface area contributed by atoms with Gasteiger partial charge in [-0.1, -0.05) is 19.1 Å². The van der Waals surface area contributed by atoms with Gasteiger partial charge in [-0.15, -0.1) is 0 Å². The molecule has 1 saturated heterocycles. The summed E-state index contributed by atoms with van der Waals surface area (Å²) in [5, 5.41) is 3.60. The van der Waals surface area contributed by atoms with E-state index < -0.39 is 0 Å². The van der Waals surface area contributed by atoms with Gasteiger partial charge in [-0.25, -0.2) is 0 Å². The Kier molecular flexibility index (Phi) is 5.23. The fourth-order valence-corrected chi connectivity index (χ4v) is 2.70. The summed E-state index contributed by atoms with van der Waals surface area (Å²) in [4.78, 5) is 4.67. The van der Waals surface area contributed by atoms with Crippen molar-refractivity contribution >= 4 is 5.69 Å². The lowest BCUT2D eigenvalue weighted by atomic mass is 10.1. The minimum atomic E-state index is 0.834. The van der Waals surface area contributed by atoms with Crippen LogP contribution in [0.1, 0.15) is 18.9 Å². The molecule has 0 spiro atoms. The van der Waals surface area contributed by atoms with Crippen LogP contribution in [0.15, 0.2) is 24.3 Å². The lowest BCUT2D eigenvalue weighted by molar-refractivity contribution is 0.339. The van der Waals surface area contributed by atoms with E-state index in [1.807, 2.05) is 0 Å². The smallest absolute Gasteiger partial charge is 0.0361 e. The summed E-state index contributed by atoms with van der Waals surface area (Å²) >= 11 is 0. The van der Waals surface area contributed by atoms with Crippen molar-refractivity contribution in [2.45, 2.75) is 19.9 Å². The van der Waals surface area contributed by atoms with Gasteiger partial charge in [-0.3, -0.25) is 0 Å². The lowest BCUT2D eigenvalue weighted by Crippen LogP contribution is -2.26. The lowest BCUT2D eigenvalue weighted by Gasteiger charge is -2.15. The summed E-state index contributed by atoms with van der Waals surface area (Å²) < 4.78 is 0. The van der Waals surface area contributed by atoms with Crippen LogP contribution >= 0.6 is 0 Å². The van der Waals surface area contributed by atoms with Crippen LogP contribution in [0.5, 0.6) is 0 Å². The minimum absolute atomic E-state index is 0.834. The normalized spacial score (nSPS) is 19.8. The van der Waals surface area contributed by atoms with Crippen molar-refractivity contribution in [1.29, 1.82) is 0 Å². The van der Waals surface area contributed by atoms with Crippen LogP contribution < -0.4 is 10.2 Å². The molecule has 0 saturated carbocycles. The van der Waals surface area contributed by atoms with Crippen LogP contribution in [0.3, 0.4) is 0 Å². The van der Waals surface area contributed by atoms with Gasteiger partial charge >= 0.3 is 0 Å². The monoisotopic (exact) mass is 261 g/mol. The minimum Gasteiger partial charge on any atom is -0.378 e. The van der Waals surface area contributed by atoms with Crippen molar-refractivity contribution in [1.82, 2.24) is 10.2 Å². The molecule has 0 aliphatic carbocycles. The second kappa shape index (κ2) is 6.92. The first-order valence-electron chi connectivity index (χ1n) is 7.38. The summed E-state index contributed by atoms with van der Waals surface area (Å²) in [6.07, 6.45) is 1.35. The molecular formula is C16H27N3. The van der Waals surface area contributed by atoms with Gasteiger partial charge in [-0.2, -0.15) is 0 Å². The Bertz CT molecular complexity index is 372. The van der Waals surface area contributed by atoms with Crippen molar-refractivity contribution in [2.24, 2.45) is 5.92 Å². The first kappa shape index (κ1) is 14.4. The zero-order valence-corrected chi connectivity index (χ0v) is 12.5. The molecule has 1 aliphatic heterocycles. The molecule has 2 rings (SSSR count). The predicted octanol–water partition coefficient (Wildman–Crippen LogP) is 2.18. The van der Waals surface area contributed by atoms with Crippen molar-refractivity contribution in [3.63, 3.8) is 0 Å². The van der Waals surface area contributed by atoms with E-state index >= 15 is 0 Å². The Labute approximate surface area is 117 Å². The molecule has 1 N–H and O–H groups in total. The van der Waals surface area contributed by atoms with Crippen molar-refractivity contribution < 1.29 is 0 Å². The van der Waals surface area contributed by atoms with Crippen molar-refractivity contribution in [3.8, 4) is 0 Å². The second-order valence-electron chi connectivity index (χ2n) is 5.74. The van der Waals surface area contributed by atoms with E-state index in [2.05, 4.69) is 60.4 Å². The maximum absolute atomic E-state index is 3.60. The van der Waals surface area contributed by atoms with Crippen LogP contribution in [0.2, 0.25) is 0 Å². The van der Waals surface area contributed by atoms with E-state index in [1.165, 1.54) is 37.3 Å². The molecule has 1 fully saturated rings. The highest BCUT2D eigenvalue weighted by atomic mass is 15.1. The third kappa shape index (κ3) is 4.22. The Balaban J connectivity index is 1.71. The molecule has 1 unspecified atom stereocenters. The fraction of sp³-hybridized carbons (Fsp3) is 0.625. The molecule has 106 valence electrons. The van der Waals surface area contributed by atoms with Gasteiger partial charge in [0.15, 0.2) is 0 Å². The van der Waals surface area contributed by atoms with Crippen molar-refractivity contribution in [2.75, 3.05) is 45.2 Å². The number of hydrogen-bond donors (Lipinski definition) is 1. The van der Waals surface area contributed by atoms with E-state index in [0.29, 0.717) is 0 Å². The Morgan fingerprint density at radius 3 is 2.58 bits per heavy atom. The third-order valence-corrected chi connectivity index (χ3v) is 4.03. The number of rotatable bonds is 6. The van der Waals surface area contributed by atoms with Crippen LogP contribution in [-0.4, -0.2) is 45.2 Å². The largest absolute Gasteiger partial charge is 0.378 e. The highest BCUT2D eigenvalue weighted by Gasteiger charge is 2.20.